The Hall–Kier alpha value is -5.13. The Morgan fingerprint density at radius 1 is 1.20 bits per heavy atom. The van der Waals surface area contributed by atoms with Crippen molar-refractivity contribution in [3.05, 3.63) is 83.4 Å². The van der Waals surface area contributed by atoms with Crippen LogP contribution < -0.4 is 11.1 Å². The third kappa shape index (κ3) is 7.73. The van der Waals surface area contributed by atoms with Crippen LogP contribution in [0.2, 0.25) is 5.02 Å². The SMILES string of the molecule is C=C(/C=C\C(=C/C)c1cnn(C2CC2)c1)[C@@]1(CC(C)(C)C(F)(F)F)N=C(N)N([C@H](COC(=O)NC2(C(F)(F)F)CC2)c2ccc(Cl)c(-c3ncn[nH]3)c2)C1=O. The number of nitrogens with zero attached hydrogens (tertiary/aromatic N) is 6. The lowest BCUT2D eigenvalue weighted by Crippen LogP contribution is -2.51. The van der Waals surface area contributed by atoms with Crippen molar-refractivity contribution in [3.63, 3.8) is 0 Å². The molecule has 55 heavy (non-hydrogen) atoms. The van der Waals surface area contributed by atoms with Crippen LogP contribution in [0, 0.1) is 5.41 Å². The van der Waals surface area contributed by atoms with Gasteiger partial charge in [0.1, 0.15) is 18.5 Å². The minimum Gasteiger partial charge on any atom is -0.447 e. The summed E-state index contributed by atoms with van der Waals surface area (Å²) in [5.74, 6) is -1.39. The Labute approximate surface area is 316 Å². The van der Waals surface area contributed by atoms with Gasteiger partial charge in [0, 0.05) is 17.3 Å². The van der Waals surface area contributed by atoms with Crippen LogP contribution in [0.25, 0.3) is 17.0 Å². The summed E-state index contributed by atoms with van der Waals surface area (Å²) in [5.41, 5.74) is 0.785. The fourth-order valence-corrected chi connectivity index (χ4v) is 6.58. The summed E-state index contributed by atoms with van der Waals surface area (Å²) in [6.45, 7) is 6.82. The molecule has 3 aromatic rings. The Bertz CT molecular complexity index is 2060. The highest BCUT2D eigenvalue weighted by molar-refractivity contribution is 6.33. The standard InChI is InChI=1S/C36H38ClF6N9O3/c1-5-21(23-15-47-51(16-23)24-9-10-24)7-6-20(2)34(18-32(3,4)35(38,39)40)29(53)52(30(44)48-34)27(17-55-31(54)49-33(12-13-33)36(41,42)43)22-8-11-26(37)25(14-22)28-45-19-46-50-28/h5-8,11,14-16,19,24,27H,2,9-10,12-13,17-18H2,1,3-4H3,(H2,44,48)(H,49,54)(H,45,46,50)/b7-6-,21-5+/t27-,34-/m1/s1. The zero-order chi connectivity index (χ0) is 40.1. The van der Waals surface area contributed by atoms with Gasteiger partial charge < -0.3 is 15.8 Å². The number of nitrogens with one attached hydrogen (secondary N) is 2. The molecule has 294 valence electrons. The van der Waals surface area contributed by atoms with Crippen LogP contribution in [0.15, 0.2) is 72.3 Å². The molecule has 12 nitrogen and oxygen atoms in total. The van der Waals surface area contributed by atoms with Crippen molar-refractivity contribution in [1.29, 1.82) is 0 Å². The summed E-state index contributed by atoms with van der Waals surface area (Å²) in [7, 11) is 0. The van der Waals surface area contributed by atoms with E-state index in [2.05, 4.69) is 31.9 Å². The number of aromatic nitrogens is 5. The molecule has 2 aromatic heterocycles. The van der Waals surface area contributed by atoms with Crippen molar-refractivity contribution in [2.75, 3.05) is 6.61 Å². The second-order valence-electron chi connectivity index (χ2n) is 14.5. The molecule has 4 N–H and O–H groups in total. The van der Waals surface area contributed by atoms with E-state index in [-0.39, 0.29) is 40.4 Å². The second-order valence-corrected chi connectivity index (χ2v) is 14.9. The lowest BCUT2D eigenvalue weighted by molar-refractivity contribution is -0.216. The summed E-state index contributed by atoms with van der Waals surface area (Å²) in [5, 5.41) is 12.9. The Morgan fingerprint density at radius 2 is 1.91 bits per heavy atom. The molecule has 19 heteroatoms. The molecule has 0 radical (unpaired) electrons. The number of alkyl carbamates (subject to hydrolysis) is 1. The number of guanidine groups is 1. The van der Waals surface area contributed by atoms with E-state index in [1.54, 1.807) is 25.3 Å². The molecule has 3 heterocycles. The third-order valence-electron chi connectivity index (χ3n) is 10.1. The predicted octanol–water partition coefficient (Wildman–Crippen LogP) is 7.61. The molecule has 0 unspecified atom stereocenters. The van der Waals surface area contributed by atoms with Crippen LogP contribution in [0.3, 0.4) is 0 Å². The fraction of sp³-hybridized carbons (Fsp3) is 0.444. The number of amides is 2. The van der Waals surface area contributed by atoms with E-state index in [0.29, 0.717) is 11.6 Å². The maximum Gasteiger partial charge on any atom is 0.411 e. The minimum atomic E-state index is -4.81. The summed E-state index contributed by atoms with van der Waals surface area (Å²) in [6, 6.07) is 3.16. The molecule has 0 bridgehead atoms. The lowest BCUT2D eigenvalue weighted by atomic mass is 9.74. The summed E-state index contributed by atoms with van der Waals surface area (Å²) < 4.78 is 91.7. The van der Waals surface area contributed by atoms with Gasteiger partial charge in [-0.1, -0.05) is 56.3 Å². The minimum absolute atomic E-state index is 0.133. The van der Waals surface area contributed by atoms with E-state index in [0.717, 1.165) is 37.2 Å². The number of hydrogen-bond acceptors (Lipinski definition) is 8. The van der Waals surface area contributed by atoms with Crippen molar-refractivity contribution in [3.8, 4) is 11.4 Å². The van der Waals surface area contributed by atoms with Gasteiger partial charge in [-0.15, -0.1) is 0 Å². The molecule has 2 saturated carbocycles. The van der Waals surface area contributed by atoms with E-state index in [9.17, 15) is 35.9 Å². The lowest BCUT2D eigenvalue weighted by Gasteiger charge is -2.37. The average molecular weight is 794 g/mol. The van der Waals surface area contributed by atoms with Crippen LogP contribution in [0.1, 0.15) is 76.1 Å². The van der Waals surface area contributed by atoms with Gasteiger partial charge in [0.25, 0.3) is 5.91 Å². The molecule has 1 aromatic carbocycles. The molecule has 0 saturated heterocycles. The van der Waals surface area contributed by atoms with Crippen molar-refractivity contribution in [2.24, 2.45) is 16.1 Å². The van der Waals surface area contributed by atoms with Gasteiger partial charge in [-0.05, 0) is 67.9 Å². The van der Waals surface area contributed by atoms with Crippen LogP contribution in [-0.2, 0) is 9.53 Å². The van der Waals surface area contributed by atoms with Gasteiger partial charge >= 0.3 is 18.4 Å². The van der Waals surface area contributed by atoms with Gasteiger partial charge in [-0.3, -0.25) is 19.5 Å². The number of aromatic amines is 1. The second kappa shape index (κ2) is 14.2. The smallest absolute Gasteiger partial charge is 0.411 e. The first-order valence-electron chi connectivity index (χ1n) is 17.2. The topological polar surface area (TPSA) is 156 Å². The first-order chi connectivity index (χ1) is 25.7. The monoisotopic (exact) mass is 793 g/mol. The highest BCUT2D eigenvalue weighted by atomic mass is 35.5. The summed E-state index contributed by atoms with van der Waals surface area (Å²) >= 11 is 6.44. The predicted molar refractivity (Wildman–Crippen MR) is 190 cm³/mol. The van der Waals surface area contributed by atoms with Crippen LogP contribution in [0.4, 0.5) is 31.1 Å². The Morgan fingerprint density at radius 3 is 2.49 bits per heavy atom. The maximum absolute atomic E-state index is 14.8. The Balaban J connectivity index is 1.38. The highest BCUT2D eigenvalue weighted by Gasteiger charge is 2.65. The van der Waals surface area contributed by atoms with Gasteiger partial charge in [-0.25, -0.2) is 14.8 Å². The molecule has 2 atom stereocenters. The van der Waals surface area contributed by atoms with Crippen molar-refractivity contribution in [1.82, 2.24) is 35.2 Å². The number of aliphatic imine (C=N–C) groups is 1. The van der Waals surface area contributed by atoms with Gasteiger partial charge in [0.2, 0.25) is 0 Å². The highest BCUT2D eigenvalue weighted by Crippen LogP contribution is 2.50. The quantitative estimate of drug-likeness (QED) is 0.119. The van der Waals surface area contributed by atoms with E-state index in [1.807, 2.05) is 16.2 Å². The van der Waals surface area contributed by atoms with Gasteiger partial charge in [-0.2, -0.15) is 36.5 Å². The average Bonchev–Trinajstić information content (AvgIpc) is 3.97. The van der Waals surface area contributed by atoms with Crippen molar-refractivity contribution in [2.45, 2.75) is 88.4 Å². The molecule has 2 amide bonds. The van der Waals surface area contributed by atoms with E-state index in [1.165, 1.54) is 30.6 Å². The number of alkyl halides is 6. The normalized spacial score (nSPS) is 20.8. The van der Waals surface area contributed by atoms with E-state index >= 15 is 0 Å². The number of hydrogen-bond donors (Lipinski definition) is 3. The number of rotatable bonds is 13. The maximum atomic E-state index is 14.8. The van der Waals surface area contributed by atoms with Crippen molar-refractivity contribution < 1.29 is 40.7 Å². The Kier molecular flexibility index (Phi) is 10.2. The zero-order valence-corrected chi connectivity index (χ0v) is 30.7. The van der Waals surface area contributed by atoms with Crippen LogP contribution in [-0.4, -0.2) is 77.9 Å². The number of ether oxygens (including phenoxy) is 1. The molecular formula is C36H38ClF6N9O3. The van der Waals surface area contributed by atoms with Crippen LogP contribution >= 0.6 is 11.6 Å². The molecule has 2 aliphatic carbocycles. The molecule has 2 fully saturated rings. The number of carbonyl (C=O) groups is 2. The number of nitrogens with two attached hydrogens (primary N) is 1. The van der Waals surface area contributed by atoms with Gasteiger partial charge in [0.05, 0.1) is 28.7 Å². The van der Waals surface area contributed by atoms with Gasteiger partial charge in [0.15, 0.2) is 17.3 Å². The molecule has 1 aliphatic heterocycles. The zero-order valence-electron chi connectivity index (χ0n) is 29.9. The first-order valence-corrected chi connectivity index (χ1v) is 17.6. The molecular weight excluding hydrogens is 756 g/mol. The molecule has 0 spiro atoms. The van der Waals surface area contributed by atoms with E-state index < -0.39 is 65.9 Å². The first kappa shape index (κ1) is 39.6. The molecule has 6 rings (SSSR count). The third-order valence-corrected chi connectivity index (χ3v) is 10.4. The van der Waals surface area contributed by atoms with Crippen molar-refractivity contribution >= 4 is 35.1 Å². The number of halogens is 7. The summed E-state index contributed by atoms with van der Waals surface area (Å²) in [6.07, 6.45) is -1.20. The number of allylic oxidation sites excluding steroid dienone is 3. The number of H-pyrrole nitrogens is 1. The fourth-order valence-electron chi connectivity index (χ4n) is 6.37. The van der Waals surface area contributed by atoms with E-state index in [4.69, 9.17) is 22.1 Å². The number of carbonyl (C=O) groups excluding carboxylic acids is 2. The van der Waals surface area contributed by atoms with Crippen LogP contribution in [0.5, 0.6) is 0 Å². The number of benzene rings is 1. The molecule has 3 aliphatic rings. The largest absolute Gasteiger partial charge is 0.447 e. The summed E-state index contributed by atoms with van der Waals surface area (Å²) in [4.78, 5) is 37.0.